The first kappa shape index (κ1) is 16.2. The molecule has 0 aliphatic heterocycles. The SMILES string of the molecule is CNC(=O)c1ccc(CNCC(=O)NCC(C)C)cc1. The van der Waals surface area contributed by atoms with Gasteiger partial charge in [0.2, 0.25) is 5.91 Å². The van der Waals surface area contributed by atoms with Gasteiger partial charge < -0.3 is 16.0 Å². The molecule has 0 aliphatic rings. The van der Waals surface area contributed by atoms with Gasteiger partial charge in [-0.2, -0.15) is 0 Å². The predicted molar refractivity (Wildman–Crippen MR) is 79.4 cm³/mol. The van der Waals surface area contributed by atoms with Gasteiger partial charge in [-0.05, 0) is 23.6 Å². The molecule has 0 saturated carbocycles. The summed E-state index contributed by atoms with van der Waals surface area (Å²) in [5, 5.41) is 8.50. The number of hydrogen-bond donors (Lipinski definition) is 3. The third-order valence-corrected chi connectivity index (χ3v) is 2.77. The van der Waals surface area contributed by atoms with E-state index in [0.29, 0.717) is 31.1 Å². The van der Waals surface area contributed by atoms with Gasteiger partial charge in [-0.25, -0.2) is 0 Å². The zero-order chi connectivity index (χ0) is 15.0. The van der Waals surface area contributed by atoms with Gasteiger partial charge >= 0.3 is 0 Å². The molecule has 0 unspecified atom stereocenters. The van der Waals surface area contributed by atoms with E-state index in [4.69, 9.17) is 0 Å². The fourth-order valence-electron chi connectivity index (χ4n) is 1.62. The van der Waals surface area contributed by atoms with Crippen LogP contribution in [0.4, 0.5) is 0 Å². The molecule has 3 N–H and O–H groups in total. The number of carbonyl (C=O) groups is 2. The van der Waals surface area contributed by atoms with E-state index in [-0.39, 0.29) is 11.8 Å². The summed E-state index contributed by atoms with van der Waals surface area (Å²) in [5.74, 6) is 0.356. The quantitative estimate of drug-likeness (QED) is 0.694. The van der Waals surface area contributed by atoms with Gasteiger partial charge in [0.1, 0.15) is 0 Å². The Morgan fingerprint density at radius 1 is 1.15 bits per heavy atom. The Bertz CT molecular complexity index is 441. The van der Waals surface area contributed by atoms with Gasteiger partial charge in [0.15, 0.2) is 0 Å². The largest absolute Gasteiger partial charge is 0.355 e. The first-order valence-corrected chi connectivity index (χ1v) is 6.81. The summed E-state index contributed by atoms with van der Waals surface area (Å²) in [6.07, 6.45) is 0. The normalized spacial score (nSPS) is 10.4. The van der Waals surface area contributed by atoms with Crippen molar-refractivity contribution in [1.29, 1.82) is 0 Å². The van der Waals surface area contributed by atoms with Gasteiger partial charge in [0.05, 0.1) is 6.54 Å². The van der Waals surface area contributed by atoms with E-state index in [1.807, 2.05) is 12.1 Å². The average molecular weight is 277 g/mol. The predicted octanol–water partition coefficient (Wildman–Crippen LogP) is 0.908. The van der Waals surface area contributed by atoms with Crippen molar-refractivity contribution in [3.8, 4) is 0 Å². The number of nitrogens with one attached hydrogen (secondary N) is 3. The molecule has 0 radical (unpaired) electrons. The monoisotopic (exact) mass is 277 g/mol. The lowest BCUT2D eigenvalue weighted by Crippen LogP contribution is -2.35. The van der Waals surface area contributed by atoms with Crippen LogP contribution in [0.3, 0.4) is 0 Å². The van der Waals surface area contributed by atoms with Crippen LogP contribution in [0.2, 0.25) is 0 Å². The molecule has 0 saturated heterocycles. The van der Waals surface area contributed by atoms with Crippen molar-refractivity contribution in [3.05, 3.63) is 35.4 Å². The fraction of sp³-hybridized carbons (Fsp3) is 0.467. The van der Waals surface area contributed by atoms with Crippen LogP contribution in [-0.2, 0) is 11.3 Å². The van der Waals surface area contributed by atoms with E-state index in [0.717, 1.165) is 5.56 Å². The molecule has 0 spiro atoms. The molecule has 5 heteroatoms. The maximum absolute atomic E-state index is 11.5. The highest BCUT2D eigenvalue weighted by molar-refractivity contribution is 5.93. The van der Waals surface area contributed by atoms with Gasteiger partial charge in [-0.3, -0.25) is 9.59 Å². The number of benzene rings is 1. The standard InChI is InChI=1S/C15H23N3O2/c1-11(2)8-18-14(19)10-17-9-12-4-6-13(7-5-12)15(20)16-3/h4-7,11,17H,8-10H2,1-3H3,(H,16,20)(H,18,19). The minimum Gasteiger partial charge on any atom is -0.355 e. The Kier molecular flexibility index (Phi) is 6.73. The van der Waals surface area contributed by atoms with Crippen LogP contribution >= 0.6 is 0 Å². The fourth-order valence-corrected chi connectivity index (χ4v) is 1.62. The lowest BCUT2D eigenvalue weighted by Gasteiger charge is -2.09. The molecule has 5 nitrogen and oxygen atoms in total. The Labute approximate surface area is 120 Å². The highest BCUT2D eigenvalue weighted by atomic mass is 16.2. The summed E-state index contributed by atoms with van der Waals surface area (Å²) < 4.78 is 0. The van der Waals surface area contributed by atoms with Crippen LogP contribution in [0.25, 0.3) is 0 Å². The van der Waals surface area contributed by atoms with Crippen LogP contribution in [0, 0.1) is 5.92 Å². The third kappa shape index (κ3) is 5.84. The Hall–Kier alpha value is -1.88. The summed E-state index contributed by atoms with van der Waals surface area (Å²) >= 11 is 0. The summed E-state index contributed by atoms with van der Waals surface area (Å²) in [6, 6.07) is 7.30. The molecule has 0 aromatic heterocycles. The van der Waals surface area contributed by atoms with Gasteiger partial charge in [0, 0.05) is 25.7 Å². The minimum absolute atomic E-state index is 0.000630. The zero-order valence-corrected chi connectivity index (χ0v) is 12.3. The lowest BCUT2D eigenvalue weighted by molar-refractivity contribution is -0.120. The molecule has 0 aliphatic carbocycles. The van der Waals surface area contributed by atoms with Crippen molar-refractivity contribution in [2.24, 2.45) is 5.92 Å². The average Bonchev–Trinajstić information content (AvgIpc) is 2.45. The van der Waals surface area contributed by atoms with Crippen LogP contribution in [0.5, 0.6) is 0 Å². The molecule has 0 heterocycles. The van der Waals surface area contributed by atoms with E-state index >= 15 is 0 Å². The molecule has 0 fully saturated rings. The maximum Gasteiger partial charge on any atom is 0.251 e. The summed E-state index contributed by atoms with van der Waals surface area (Å²) in [7, 11) is 1.60. The molecular weight excluding hydrogens is 254 g/mol. The topological polar surface area (TPSA) is 70.2 Å². The van der Waals surface area contributed by atoms with Crippen molar-refractivity contribution >= 4 is 11.8 Å². The number of rotatable bonds is 7. The van der Waals surface area contributed by atoms with Crippen LogP contribution in [0.15, 0.2) is 24.3 Å². The molecular formula is C15H23N3O2. The lowest BCUT2D eigenvalue weighted by atomic mass is 10.1. The van der Waals surface area contributed by atoms with Gasteiger partial charge in [-0.15, -0.1) is 0 Å². The van der Waals surface area contributed by atoms with E-state index in [1.165, 1.54) is 0 Å². The summed E-state index contributed by atoms with van der Waals surface area (Å²) in [4.78, 5) is 22.9. The van der Waals surface area contributed by atoms with Crippen molar-refractivity contribution in [2.45, 2.75) is 20.4 Å². The second kappa shape index (κ2) is 8.32. The van der Waals surface area contributed by atoms with Crippen molar-refractivity contribution in [3.63, 3.8) is 0 Å². The summed E-state index contributed by atoms with van der Waals surface area (Å²) in [5.41, 5.74) is 1.67. The summed E-state index contributed by atoms with van der Waals surface area (Å²) in [6.45, 7) is 5.71. The van der Waals surface area contributed by atoms with Gasteiger partial charge in [-0.1, -0.05) is 26.0 Å². The van der Waals surface area contributed by atoms with Crippen LogP contribution < -0.4 is 16.0 Å². The van der Waals surface area contributed by atoms with Crippen molar-refractivity contribution in [2.75, 3.05) is 20.1 Å². The van der Waals surface area contributed by atoms with E-state index < -0.39 is 0 Å². The van der Waals surface area contributed by atoms with E-state index in [9.17, 15) is 9.59 Å². The minimum atomic E-state index is -0.0995. The molecule has 0 bridgehead atoms. The molecule has 2 amide bonds. The molecule has 1 aromatic rings. The number of carbonyl (C=O) groups excluding carboxylic acids is 2. The zero-order valence-electron chi connectivity index (χ0n) is 12.3. The first-order valence-electron chi connectivity index (χ1n) is 6.81. The Morgan fingerprint density at radius 2 is 1.80 bits per heavy atom. The third-order valence-electron chi connectivity index (χ3n) is 2.77. The van der Waals surface area contributed by atoms with Crippen LogP contribution in [0.1, 0.15) is 29.8 Å². The molecule has 20 heavy (non-hydrogen) atoms. The van der Waals surface area contributed by atoms with Crippen molar-refractivity contribution < 1.29 is 9.59 Å². The smallest absolute Gasteiger partial charge is 0.251 e. The molecule has 0 atom stereocenters. The van der Waals surface area contributed by atoms with Gasteiger partial charge in [0.25, 0.3) is 5.91 Å². The number of amides is 2. The van der Waals surface area contributed by atoms with E-state index in [1.54, 1.807) is 19.2 Å². The van der Waals surface area contributed by atoms with E-state index in [2.05, 4.69) is 29.8 Å². The first-order chi connectivity index (χ1) is 9.52. The molecule has 1 aromatic carbocycles. The molecule has 1 rings (SSSR count). The Morgan fingerprint density at radius 3 is 2.35 bits per heavy atom. The van der Waals surface area contributed by atoms with Crippen LogP contribution in [-0.4, -0.2) is 32.0 Å². The second-order valence-corrected chi connectivity index (χ2v) is 5.08. The second-order valence-electron chi connectivity index (χ2n) is 5.08. The maximum atomic E-state index is 11.5. The molecule has 110 valence electrons. The number of hydrogen-bond acceptors (Lipinski definition) is 3. The Balaban J connectivity index is 2.32. The highest BCUT2D eigenvalue weighted by Gasteiger charge is 2.04. The van der Waals surface area contributed by atoms with Crippen molar-refractivity contribution in [1.82, 2.24) is 16.0 Å². The highest BCUT2D eigenvalue weighted by Crippen LogP contribution is 2.03.